The van der Waals surface area contributed by atoms with Gasteiger partial charge in [-0.1, -0.05) is 30.3 Å². The fraction of sp³-hybridized carbons (Fsp3) is 0.148. The number of hydrogen-bond donors (Lipinski definition) is 0. The van der Waals surface area contributed by atoms with Gasteiger partial charge in [0, 0.05) is 23.7 Å². The van der Waals surface area contributed by atoms with Crippen molar-refractivity contribution in [3.05, 3.63) is 113 Å². The van der Waals surface area contributed by atoms with Crippen molar-refractivity contribution in [2.75, 3.05) is 7.11 Å². The number of methoxy groups -OCH3 is 1. The Morgan fingerprint density at radius 1 is 0.971 bits per heavy atom. The van der Waals surface area contributed by atoms with Crippen molar-refractivity contribution in [1.82, 2.24) is 9.88 Å². The molecule has 7 heteroatoms. The van der Waals surface area contributed by atoms with Crippen molar-refractivity contribution in [2.45, 2.75) is 19.5 Å². The average Bonchev–Trinajstić information content (AvgIpc) is 2.87. The van der Waals surface area contributed by atoms with Crippen LogP contribution in [0.2, 0.25) is 0 Å². The second kappa shape index (κ2) is 9.79. The highest BCUT2D eigenvalue weighted by Crippen LogP contribution is 2.27. The van der Waals surface area contributed by atoms with Gasteiger partial charge in [0.1, 0.15) is 11.6 Å². The number of carbonyl (C=O) groups excluding carboxylic acids is 2. The summed E-state index contributed by atoms with van der Waals surface area (Å²) >= 11 is 0. The Kier molecular flexibility index (Phi) is 6.63. The molecule has 0 aliphatic heterocycles. The van der Waals surface area contributed by atoms with Crippen molar-refractivity contribution in [3.8, 4) is 0 Å². The van der Waals surface area contributed by atoms with Gasteiger partial charge in [0.2, 0.25) is 0 Å². The first-order valence-corrected chi connectivity index (χ1v) is 10.7. The second-order valence-electron chi connectivity index (χ2n) is 7.88. The molecule has 4 aromatic rings. The summed E-state index contributed by atoms with van der Waals surface area (Å²) < 4.78 is 33.0. The Morgan fingerprint density at radius 2 is 1.71 bits per heavy atom. The third-order valence-electron chi connectivity index (χ3n) is 5.73. The number of aromatic nitrogens is 1. The molecule has 0 aliphatic carbocycles. The van der Waals surface area contributed by atoms with E-state index in [2.05, 4.69) is 4.98 Å². The number of para-hydroxylation sites is 1. The number of hydrogen-bond acceptors (Lipinski definition) is 4. The molecule has 0 spiro atoms. The lowest BCUT2D eigenvalue weighted by Gasteiger charge is -2.30. The zero-order valence-corrected chi connectivity index (χ0v) is 18.7. The van der Waals surface area contributed by atoms with E-state index >= 15 is 0 Å². The molecular formula is C27H22F2N2O3. The first-order chi connectivity index (χ1) is 16.4. The van der Waals surface area contributed by atoms with Crippen LogP contribution in [0, 0.1) is 11.6 Å². The van der Waals surface area contributed by atoms with Gasteiger partial charge in [0.05, 0.1) is 29.8 Å². The third kappa shape index (κ3) is 4.78. The van der Waals surface area contributed by atoms with E-state index in [9.17, 15) is 18.4 Å². The van der Waals surface area contributed by atoms with Crippen molar-refractivity contribution in [3.63, 3.8) is 0 Å². The van der Waals surface area contributed by atoms with E-state index in [0.29, 0.717) is 11.1 Å². The van der Waals surface area contributed by atoms with Gasteiger partial charge < -0.3 is 9.64 Å². The molecule has 0 radical (unpaired) electrons. The molecule has 0 N–H and O–H groups in total. The summed E-state index contributed by atoms with van der Waals surface area (Å²) in [6.07, 6.45) is 1.48. The normalized spacial score (nSPS) is 11.8. The minimum Gasteiger partial charge on any atom is -0.465 e. The van der Waals surface area contributed by atoms with Gasteiger partial charge in [-0.2, -0.15) is 0 Å². The topological polar surface area (TPSA) is 59.5 Å². The smallest absolute Gasteiger partial charge is 0.337 e. The van der Waals surface area contributed by atoms with Crippen molar-refractivity contribution < 1.29 is 23.1 Å². The maximum atomic E-state index is 14.7. The number of nitrogens with zero attached hydrogens (tertiary/aromatic N) is 2. The SMILES string of the molecule is COC(=O)c1ccc(F)c(CN(C(=O)c2cnc3ccccc3c2)C(C)c2ccc(F)cc2)c1. The largest absolute Gasteiger partial charge is 0.465 e. The monoisotopic (exact) mass is 460 g/mol. The molecule has 4 rings (SSSR count). The average molecular weight is 460 g/mol. The summed E-state index contributed by atoms with van der Waals surface area (Å²) in [7, 11) is 1.24. The molecular weight excluding hydrogens is 438 g/mol. The van der Waals surface area contributed by atoms with Crippen molar-refractivity contribution >= 4 is 22.8 Å². The van der Waals surface area contributed by atoms with Crippen LogP contribution in [0.3, 0.4) is 0 Å². The van der Waals surface area contributed by atoms with Crippen LogP contribution in [0.5, 0.6) is 0 Å². The van der Waals surface area contributed by atoms with Crippen LogP contribution in [-0.2, 0) is 11.3 Å². The fourth-order valence-electron chi connectivity index (χ4n) is 3.78. The maximum absolute atomic E-state index is 14.7. The highest BCUT2D eigenvalue weighted by molar-refractivity contribution is 5.97. The highest BCUT2D eigenvalue weighted by atomic mass is 19.1. The lowest BCUT2D eigenvalue weighted by atomic mass is 10.0. The predicted molar refractivity (Wildman–Crippen MR) is 124 cm³/mol. The minimum absolute atomic E-state index is 0.124. The number of carbonyl (C=O) groups is 2. The Bertz CT molecular complexity index is 1360. The van der Waals surface area contributed by atoms with E-state index in [-0.39, 0.29) is 23.6 Å². The van der Waals surface area contributed by atoms with E-state index in [1.165, 1.54) is 48.5 Å². The number of fused-ring (bicyclic) bond motifs is 1. The van der Waals surface area contributed by atoms with Crippen molar-refractivity contribution in [2.24, 2.45) is 0 Å². The Balaban J connectivity index is 1.75. The van der Waals surface area contributed by atoms with Crippen LogP contribution in [0.15, 0.2) is 79.0 Å². The standard InChI is InChI=1S/C27H22F2N2O3/c1-17(18-7-10-23(28)11-8-18)31(16-22-14-20(27(33)34-2)9-12-24(22)29)26(32)21-13-19-5-3-4-6-25(19)30-15-21/h3-15,17H,16H2,1-2H3. The lowest BCUT2D eigenvalue weighted by Crippen LogP contribution is -2.33. The van der Waals surface area contributed by atoms with E-state index in [0.717, 1.165) is 10.9 Å². The number of amides is 1. The zero-order valence-electron chi connectivity index (χ0n) is 18.7. The van der Waals surface area contributed by atoms with Crippen LogP contribution in [0.25, 0.3) is 10.9 Å². The maximum Gasteiger partial charge on any atom is 0.337 e. The molecule has 0 aliphatic rings. The first-order valence-electron chi connectivity index (χ1n) is 10.7. The quantitative estimate of drug-likeness (QED) is 0.346. The number of halogens is 2. The number of rotatable bonds is 6. The van der Waals surface area contributed by atoms with Gasteiger partial charge in [0.15, 0.2) is 0 Å². The molecule has 1 amide bonds. The van der Waals surface area contributed by atoms with Crippen LogP contribution in [0.1, 0.15) is 44.8 Å². The summed E-state index contributed by atoms with van der Waals surface area (Å²) in [5.74, 6) is -1.94. The Labute approximate surface area is 195 Å². The second-order valence-corrected chi connectivity index (χ2v) is 7.88. The van der Waals surface area contributed by atoms with Gasteiger partial charge in [-0.3, -0.25) is 9.78 Å². The molecule has 3 aromatic carbocycles. The number of esters is 1. The van der Waals surface area contributed by atoms with Gasteiger partial charge in [-0.15, -0.1) is 0 Å². The summed E-state index contributed by atoms with van der Waals surface area (Å²) in [6, 6.07) is 18.3. The fourth-order valence-corrected chi connectivity index (χ4v) is 3.78. The molecule has 172 valence electrons. The molecule has 1 unspecified atom stereocenters. The Hall–Kier alpha value is -4.13. The van der Waals surface area contributed by atoms with Crippen molar-refractivity contribution in [1.29, 1.82) is 0 Å². The van der Waals surface area contributed by atoms with E-state index in [4.69, 9.17) is 4.74 Å². The van der Waals surface area contributed by atoms with E-state index in [1.54, 1.807) is 25.1 Å². The lowest BCUT2D eigenvalue weighted by molar-refractivity contribution is 0.0600. The zero-order chi connectivity index (χ0) is 24.2. The number of pyridine rings is 1. The summed E-state index contributed by atoms with van der Waals surface area (Å²) in [5.41, 5.74) is 2.08. The summed E-state index contributed by atoms with van der Waals surface area (Å²) in [6.45, 7) is 1.66. The van der Waals surface area contributed by atoms with E-state index < -0.39 is 23.6 Å². The minimum atomic E-state index is -0.607. The molecule has 1 aromatic heterocycles. The Morgan fingerprint density at radius 3 is 2.44 bits per heavy atom. The van der Waals surface area contributed by atoms with Gasteiger partial charge >= 0.3 is 5.97 Å². The number of ether oxygens (including phenoxy) is 1. The van der Waals surface area contributed by atoms with Gasteiger partial charge in [0.25, 0.3) is 5.91 Å². The van der Waals surface area contributed by atoms with Gasteiger partial charge in [-0.05, 0) is 55.0 Å². The van der Waals surface area contributed by atoms with Crippen LogP contribution < -0.4 is 0 Å². The first kappa shape index (κ1) is 23.0. The molecule has 0 bridgehead atoms. The molecule has 1 atom stereocenters. The molecule has 5 nitrogen and oxygen atoms in total. The summed E-state index contributed by atoms with van der Waals surface area (Å²) in [5, 5.41) is 0.793. The predicted octanol–water partition coefficient (Wildman–Crippen LogP) is 5.70. The third-order valence-corrected chi connectivity index (χ3v) is 5.73. The molecule has 0 fully saturated rings. The molecule has 1 heterocycles. The highest BCUT2D eigenvalue weighted by Gasteiger charge is 2.25. The summed E-state index contributed by atoms with van der Waals surface area (Å²) in [4.78, 5) is 31.5. The molecule has 0 saturated heterocycles. The van der Waals surface area contributed by atoms with E-state index in [1.807, 2.05) is 24.3 Å². The van der Waals surface area contributed by atoms with Crippen LogP contribution in [0.4, 0.5) is 8.78 Å². The van der Waals surface area contributed by atoms with Gasteiger partial charge in [-0.25, -0.2) is 13.6 Å². The van der Waals surface area contributed by atoms with Crippen LogP contribution >= 0.6 is 0 Å². The molecule has 34 heavy (non-hydrogen) atoms. The molecule has 0 saturated carbocycles. The number of benzene rings is 3. The van der Waals surface area contributed by atoms with Crippen LogP contribution in [-0.4, -0.2) is 28.9 Å².